The maximum absolute atomic E-state index is 12.3. The topological polar surface area (TPSA) is 41.1 Å². The van der Waals surface area contributed by atoms with Crippen LogP contribution in [-0.4, -0.2) is 25.5 Å². The van der Waals surface area contributed by atoms with E-state index in [9.17, 15) is 4.79 Å². The monoisotopic (exact) mass is 264 g/mol. The summed E-state index contributed by atoms with van der Waals surface area (Å²) >= 11 is 0. The van der Waals surface area contributed by atoms with Crippen molar-refractivity contribution in [2.45, 2.75) is 58.3 Å². The van der Waals surface area contributed by atoms with Crippen molar-refractivity contribution in [1.29, 1.82) is 0 Å². The number of nitrogens with one attached hydrogen (secondary N) is 2. The van der Waals surface area contributed by atoms with Crippen LogP contribution >= 0.6 is 0 Å². The third kappa shape index (κ3) is 2.54. The van der Waals surface area contributed by atoms with E-state index in [2.05, 4.69) is 17.6 Å². The van der Waals surface area contributed by atoms with Gasteiger partial charge in [0.15, 0.2) is 0 Å². The lowest BCUT2D eigenvalue weighted by atomic mass is 9.66. The number of carbonyl (C=O) groups excluding carboxylic acids is 1. The van der Waals surface area contributed by atoms with Crippen molar-refractivity contribution in [3.05, 3.63) is 0 Å². The first-order valence-corrected chi connectivity index (χ1v) is 8.18. The first-order chi connectivity index (χ1) is 9.20. The second-order valence-electron chi connectivity index (χ2n) is 7.19. The number of hydrogen-bond donors (Lipinski definition) is 2. The van der Waals surface area contributed by atoms with Gasteiger partial charge in [-0.25, -0.2) is 0 Å². The fourth-order valence-electron chi connectivity index (χ4n) is 4.32. The molecule has 2 N–H and O–H groups in total. The molecule has 1 unspecified atom stereocenters. The lowest BCUT2D eigenvalue weighted by molar-refractivity contribution is -0.124. The minimum absolute atomic E-state index is 0.327. The average molecular weight is 264 g/mol. The first-order valence-electron chi connectivity index (χ1n) is 8.18. The third-order valence-electron chi connectivity index (χ3n) is 5.94. The molecule has 3 rings (SSSR count). The molecule has 1 spiro atoms. The normalized spacial score (nSPS) is 30.7. The van der Waals surface area contributed by atoms with E-state index in [1.165, 1.54) is 44.9 Å². The molecule has 3 heteroatoms. The number of amides is 1. The van der Waals surface area contributed by atoms with Crippen molar-refractivity contribution in [1.82, 2.24) is 10.6 Å². The van der Waals surface area contributed by atoms with Crippen molar-refractivity contribution in [3.63, 3.8) is 0 Å². The predicted octanol–water partition coefficient (Wildman–Crippen LogP) is 2.46. The third-order valence-corrected chi connectivity index (χ3v) is 5.94. The summed E-state index contributed by atoms with van der Waals surface area (Å²) in [4.78, 5) is 12.3. The summed E-state index contributed by atoms with van der Waals surface area (Å²) in [6.45, 7) is 5.39. The highest BCUT2D eigenvalue weighted by Gasteiger charge is 2.57. The zero-order valence-corrected chi connectivity index (χ0v) is 12.3. The molecule has 0 aromatic carbocycles. The summed E-state index contributed by atoms with van der Waals surface area (Å²) in [5, 5.41) is 6.68. The summed E-state index contributed by atoms with van der Waals surface area (Å²) in [5.41, 5.74) is 0.841. The Balaban J connectivity index is 1.47. The van der Waals surface area contributed by atoms with Crippen LogP contribution in [0.15, 0.2) is 0 Å². The van der Waals surface area contributed by atoms with Crippen LogP contribution < -0.4 is 10.6 Å². The first kappa shape index (κ1) is 13.4. The molecular weight excluding hydrogens is 236 g/mol. The largest absolute Gasteiger partial charge is 0.355 e. The Morgan fingerprint density at radius 2 is 2.00 bits per heavy atom. The van der Waals surface area contributed by atoms with Gasteiger partial charge in [0.2, 0.25) is 5.91 Å². The predicted molar refractivity (Wildman–Crippen MR) is 76.8 cm³/mol. The maximum Gasteiger partial charge on any atom is 0.223 e. The van der Waals surface area contributed by atoms with Gasteiger partial charge in [-0.1, -0.05) is 19.8 Å². The summed E-state index contributed by atoms with van der Waals surface area (Å²) in [6.07, 6.45) is 10.1. The highest BCUT2D eigenvalue weighted by Crippen LogP contribution is 2.58. The van der Waals surface area contributed by atoms with Crippen molar-refractivity contribution in [2.75, 3.05) is 19.6 Å². The Hall–Kier alpha value is -0.570. The van der Waals surface area contributed by atoms with Crippen LogP contribution in [0.1, 0.15) is 58.3 Å². The minimum atomic E-state index is 0.327. The summed E-state index contributed by atoms with van der Waals surface area (Å²) in [5.74, 6) is 0.678. The number of rotatable bonds is 5. The fourth-order valence-corrected chi connectivity index (χ4v) is 4.32. The molecule has 2 saturated carbocycles. The standard InChI is InChI=1S/C16H28N2O/c1-2-4-15(5-3-6-15)12-18-14(19)13-11-16(13)7-9-17-10-8-16/h13,17H,2-12H2,1H3,(H,18,19). The molecule has 2 aliphatic carbocycles. The Labute approximate surface area is 116 Å². The van der Waals surface area contributed by atoms with Gasteiger partial charge in [0.25, 0.3) is 0 Å². The fraction of sp³-hybridized carbons (Fsp3) is 0.938. The molecule has 1 aliphatic heterocycles. The second-order valence-corrected chi connectivity index (χ2v) is 7.19. The zero-order valence-electron chi connectivity index (χ0n) is 12.3. The minimum Gasteiger partial charge on any atom is -0.355 e. The summed E-state index contributed by atoms with van der Waals surface area (Å²) < 4.78 is 0. The molecule has 1 amide bonds. The summed E-state index contributed by atoms with van der Waals surface area (Å²) in [7, 11) is 0. The highest BCUT2D eigenvalue weighted by molar-refractivity contribution is 5.82. The Morgan fingerprint density at radius 1 is 1.26 bits per heavy atom. The smallest absolute Gasteiger partial charge is 0.223 e. The van der Waals surface area contributed by atoms with Crippen LogP contribution in [0.3, 0.4) is 0 Å². The molecule has 3 aliphatic rings. The van der Waals surface area contributed by atoms with E-state index in [0.717, 1.165) is 26.1 Å². The van der Waals surface area contributed by atoms with Gasteiger partial charge in [-0.15, -0.1) is 0 Å². The van der Waals surface area contributed by atoms with Crippen LogP contribution in [0.25, 0.3) is 0 Å². The van der Waals surface area contributed by atoms with Gasteiger partial charge in [0.05, 0.1) is 0 Å². The molecule has 3 nitrogen and oxygen atoms in total. The van der Waals surface area contributed by atoms with Gasteiger partial charge >= 0.3 is 0 Å². The Kier molecular flexibility index (Phi) is 3.59. The van der Waals surface area contributed by atoms with Crippen LogP contribution in [0.5, 0.6) is 0 Å². The molecule has 1 saturated heterocycles. The molecule has 1 heterocycles. The molecule has 19 heavy (non-hydrogen) atoms. The van der Waals surface area contributed by atoms with E-state index in [0.29, 0.717) is 22.7 Å². The van der Waals surface area contributed by atoms with E-state index in [-0.39, 0.29) is 0 Å². The highest BCUT2D eigenvalue weighted by atomic mass is 16.2. The molecule has 0 radical (unpaired) electrons. The lowest BCUT2D eigenvalue weighted by Gasteiger charge is -2.42. The van der Waals surface area contributed by atoms with Crippen molar-refractivity contribution < 1.29 is 4.79 Å². The van der Waals surface area contributed by atoms with Gasteiger partial charge < -0.3 is 10.6 Å². The number of hydrogen-bond acceptors (Lipinski definition) is 2. The summed E-state index contributed by atoms with van der Waals surface area (Å²) in [6, 6.07) is 0. The van der Waals surface area contributed by atoms with E-state index in [1.807, 2.05) is 0 Å². The van der Waals surface area contributed by atoms with E-state index >= 15 is 0 Å². The Bertz CT molecular complexity index is 343. The van der Waals surface area contributed by atoms with Gasteiger partial charge in [0, 0.05) is 12.5 Å². The molecule has 0 aromatic heterocycles. The molecule has 1 atom stereocenters. The van der Waals surface area contributed by atoms with Gasteiger partial charge in [-0.3, -0.25) is 4.79 Å². The van der Waals surface area contributed by atoms with Crippen molar-refractivity contribution in [3.8, 4) is 0 Å². The second kappa shape index (κ2) is 5.08. The van der Waals surface area contributed by atoms with Crippen LogP contribution in [0.2, 0.25) is 0 Å². The Morgan fingerprint density at radius 3 is 2.58 bits per heavy atom. The molecule has 0 aromatic rings. The molecular formula is C16H28N2O. The zero-order chi connectivity index (χ0) is 13.3. The maximum atomic E-state index is 12.3. The van der Waals surface area contributed by atoms with E-state index in [4.69, 9.17) is 0 Å². The quantitative estimate of drug-likeness (QED) is 0.801. The van der Waals surface area contributed by atoms with Gasteiger partial charge in [-0.2, -0.15) is 0 Å². The SMILES string of the molecule is CCCC1(CNC(=O)C2CC23CCNCC3)CCC1. The average Bonchev–Trinajstić information content (AvgIpc) is 3.07. The van der Waals surface area contributed by atoms with Gasteiger partial charge in [0.1, 0.15) is 0 Å². The number of piperidine rings is 1. The molecule has 0 bridgehead atoms. The van der Waals surface area contributed by atoms with Crippen LogP contribution in [-0.2, 0) is 4.79 Å². The van der Waals surface area contributed by atoms with E-state index in [1.54, 1.807) is 0 Å². The van der Waals surface area contributed by atoms with Crippen molar-refractivity contribution in [2.24, 2.45) is 16.7 Å². The number of carbonyl (C=O) groups is 1. The molecule has 108 valence electrons. The van der Waals surface area contributed by atoms with E-state index < -0.39 is 0 Å². The van der Waals surface area contributed by atoms with Crippen molar-refractivity contribution >= 4 is 5.91 Å². The van der Waals surface area contributed by atoms with Crippen LogP contribution in [0, 0.1) is 16.7 Å². The van der Waals surface area contributed by atoms with Gasteiger partial charge in [-0.05, 0) is 62.4 Å². The van der Waals surface area contributed by atoms with Crippen LogP contribution in [0.4, 0.5) is 0 Å². The molecule has 3 fully saturated rings. The lowest BCUT2D eigenvalue weighted by Crippen LogP contribution is -2.43.